The molecule has 0 aromatic heterocycles. The predicted molar refractivity (Wildman–Crippen MR) is 52.6 cm³/mol. The van der Waals surface area contributed by atoms with Crippen molar-refractivity contribution in [2.75, 3.05) is 26.8 Å². The van der Waals surface area contributed by atoms with Gasteiger partial charge in [-0.3, -0.25) is 9.59 Å². The van der Waals surface area contributed by atoms with Gasteiger partial charge in [0.15, 0.2) is 0 Å². The SMILES string of the molecule is COCCC(=O)N1CC(=O)NCC1C(=O)O. The summed E-state index contributed by atoms with van der Waals surface area (Å²) in [6.07, 6.45) is 0.0769. The van der Waals surface area contributed by atoms with Gasteiger partial charge in [-0.15, -0.1) is 0 Å². The van der Waals surface area contributed by atoms with Crippen LogP contribution in [-0.2, 0) is 19.1 Å². The summed E-state index contributed by atoms with van der Waals surface area (Å²) in [6, 6.07) is -0.984. The van der Waals surface area contributed by atoms with Gasteiger partial charge in [-0.25, -0.2) is 4.79 Å². The van der Waals surface area contributed by atoms with Gasteiger partial charge in [-0.05, 0) is 0 Å². The zero-order valence-corrected chi connectivity index (χ0v) is 8.93. The summed E-state index contributed by atoms with van der Waals surface area (Å²) in [7, 11) is 1.45. The Bertz CT molecular complexity index is 304. The quantitative estimate of drug-likeness (QED) is 0.608. The smallest absolute Gasteiger partial charge is 0.328 e. The van der Waals surface area contributed by atoms with Crippen molar-refractivity contribution in [2.24, 2.45) is 0 Å². The minimum Gasteiger partial charge on any atom is -0.480 e. The highest BCUT2D eigenvalue weighted by atomic mass is 16.5. The first kappa shape index (κ1) is 12.4. The highest BCUT2D eigenvalue weighted by Gasteiger charge is 2.34. The molecule has 0 aromatic carbocycles. The van der Waals surface area contributed by atoms with E-state index in [0.29, 0.717) is 0 Å². The Morgan fingerprint density at radius 1 is 1.62 bits per heavy atom. The molecule has 1 aliphatic rings. The van der Waals surface area contributed by atoms with Crippen LogP contribution in [0, 0.1) is 0 Å². The Hall–Kier alpha value is -1.63. The second-order valence-corrected chi connectivity index (χ2v) is 3.42. The molecule has 1 unspecified atom stereocenters. The topological polar surface area (TPSA) is 95.9 Å². The van der Waals surface area contributed by atoms with Crippen LogP contribution in [0.5, 0.6) is 0 Å². The van der Waals surface area contributed by atoms with Gasteiger partial charge < -0.3 is 20.1 Å². The van der Waals surface area contributed by atoms with Crippen molar-refractivity contribution in [1.29, 1.82) is 0 Å². The second-order valence-electron chi connectivity index (χ2n) is 3.42. The molecule has 0 aromatic rings. The number of nitrogens with zero attached hydrogens (tertiary/aromatic N) is 1. The van der Waals surface area contributed by atoms with Gasteiger partial charge in [0, 0.05) is 13.7 Å². The van der Waals surface area contributed by atoms with E-state index in [-0.39, 0.29) is 37.9 Å². The summed E-state index contributed by atoms with van der Waals surface area (Å²) in [4.78, 5) is 34.7. The van der Waals surface area contributed by atoms with Gasteiger partial charge in [0.05, 0.1) is 13.0 Å². The Morgan fingerprint density at radius 3 is 2.88 bits per heavy atom. The van der Waals surface area contributed by atoms with Crippen LogP contribution in [0.15, 0.2) is 0 Å². The average molecular weight is 230 g/mol. The van der Waals surface area contributed by atoms with Gasteiger partial charge >= 0.3 is 5.97 Å². The van der Waals surface area contributed by atoms with Crippen LogP contribution in [-0.4, -0.2) is 60.6 Å². The number of carbonyl (C=O) groups is 3. The minimum atomic E-state index is -1.12. The van der Waals surface area contributed by atoms with Crippen LogP contribution in [0.1, 0.15) is 6.42 Å². The molecule has 1 saturated heterocycles. The Kier molecular flexibility index (Phi) is 4.24. The number of carboxylic acid groups (broad SMARTS) is 1. The molecule has 2 amide bonds. The van der Waals surface area contributed by atoms with Gasteiger partial charge in [0.25, 0.3) is 0 Å². The number of hydrogen-bond donors (Lipinski definition) is 2. The number of methoxy groups -OCH3 is 1. The molecule has 1 heterocycles. The van der Waals surface area contributed by atoms with Crippen molar-refractivity contribution in [3.63, 3.8) is 0 Å². The first-order valence-electron chi connectivity index (χ1n) is 4.84. The Labute approximate surface area is 92.4 Å². The van der Waals surface area contributed by atoms with Gasteiger partial charge in [-0.2, -0.15) is 0 Å². The lowest BCUT2D eigenvalue weighted by molar-refractivity contribution is -0.154. The molecule has 2 N–H and O–H groups in total. The maximum atomic E-state index is 11.6. The molecule has 7 nitrogen and oxygen atoms in total. The molecule has 0 saturated carbocycles. The van der Waals surface area contributed by atoms with E-state index in [4.69, 9.17) is 9.84 Å². The average Bonchev–Trinajstić information content (AvgIpc) is 2.25. The van der Waals surface area contributed by atoms with Crippen molar-refractivity contribution in [3.05, 3.63) is 0 Å². The third kappa shape index (κ3) is 2.93. The maximum Gasteiger partial charge on any atom is 0.328 e. The first-order valence-corrected chi connectivity index (χ1v) is 4.84. The summed E-state index contributed by atoms with van der Waals surface area (Å²) < 4.78 is 4.73. The van der Waals surface area contributed by atoms with Gasteiger partial charge in [0.1, 0.15) is 12.6 Å². The lowest BCUT2D eigenvalue weighted by Crippen LogP contribution is -2.59. The number of piperazine rings is 1. The van der Waals surface area contributed by atoms with E-state index in [1.807, 2.05) is 0 Å². The fraction of sp³-hybridized carbons (Fsp3) is 0.667. The lowest BCUT2D eigenvalue weighted by Gasteiger charge is -2.32. The second kappa shape index (κ2) is 5.45. The van der Waals surface area contributed by atoms with Crippen molar-refractivity contribution < 1.29 is 24.2 Å². The number of hydrogen-bond acceptors (Lipinski definition) is 4. The van der Waals surface area contributed by atoms with Gasteiger partial charge in [0.2, 0.25) is 11.8 Å². The molecule has 1 rings (SSSR count). The van der Waals surface area contributed by atoms with E-state index >= 15 is 0 Å². The molecule has 0 radical (unpaired) electrons. The number of carbonyl (C=O) groups excluding carboxylic acids is 2. The zero-order valence-electron chi connectivity index (χ0n) is 8.93. The number of aliphatic carboxylic acids is 1. The normalized spacial score (nSPS) is 20.4. The number of ether oxygens (including phenoxy) is 1. The maximum absolute atomic E-state index is 11.6. The molecule has 16 heavy (non-hydrogen) atoms. The minimum absolute atomic E-state index is 0.0487. The van der Waals surface area contributed by atoms with Crippen LogP contribution >= 0.6 is 0 Å². The summed E-state index contributed by atoms with van der Waals surface area (Å²) in [5.41, 5.74) is 0. The molecule has 1 fully saturated rings. The summed E-state index contributed by atoms with van der Waals surface area (Å²) in [6.45, 7) is -0.0459. The van der Waals surface area contributed by atoms with E-state index in [9.17, 15) is 14.4 Å². The van der Waals surface area contributed by atoms with Crippen molar-refractivity contribution >= 4 is 17.8 Å². The molecule has 7 heteroatoms. The van der Waals surface area contributed by atoms with E-state index in [1.165, 1.54) is 7.11 Å². The molecular weight excluding hydrogens is 216 g/mol. The van der Waals surface area contributed by atoms with Crippen molar-refractivity contribution in [3.8, 4) is 0 Å². The third-order valence-electron chi connectivity index (χ3n) is 2.31. The Balaban J connectivity index is 2.67. The summed E-state index contributed by atoms with van der Waals surface area (Å²) in [5.74, 6) is -1.85. The fourth-order valence-corrected chi connectivity index (χ4v) is 1.46. The number of nitrogens with one attached hydrogen (secondary N) is 1. The number of amides is 2. The molecule has 1 atom stereocenters. The van der Waals surface area contributed by atoms with E-state index < -0.39 is 12.0 Å². The van der Waals surface area contributed by atoms with Crippen LogP contribution < -0.4 is 5.32 Å². The molecule has 90 valence electrons. The monoisotopic (exact) mass is 230 g/mol. The highest BCUT2D eigenvalue weighted by molar-refractivity contribution is 5.91. The third-order valence-corrected chi connectivity index (χ3v) is 2.31. The highest BCUT2D eigenvalue weighted by Crippen LogP contribution is 2.06. The zero-order chi connectivity index (χ0) is 12.1. The summed E-state index contributed by atoms with van der Waals surface area (Å²) >= 11 is 0. The molecule has 1 aliphatic heterocycles. The standard InChI is InChI=1S/C9H14N2O5/c1-16-3-2-8(13)11-5-7(12)10-4-6(11)9(14)15/h6H,2-5H2,1H3,(H,10,12)(H,14,15). The predicted octanol–water partition coefficient (Wildman–Crippen LogP) is -1.57. The number of rotatable bonds is 4. The van der Waals surface area contributed by atoms with Crippen LogP contribution in [0.2, 0.25) is 0 Å². The van der Waals surface area contributed by atoms with Gasteiger partial charge in [-0.1, -0.05) is 0 Å². The number of carboxylic acids is 1. The van der Waals surface area contributed by atoms with Crippen molar-refractivity contribution in [2.45, 2.75) is 12.5 Å². The lowest BCUT2D eigenvalue weighted by atomic mass is 10.1. The fourth-order valence-electron chi connectivity index (χ4n) is 1.46. The van der Waals surface area contributed by atoms with Crippen molar-refractivity contribution in [1.82, 2.24) is 10.2 Å². The molecule has 0 aliphatic carbocycles. The first-order chi connectivity index (χ1) is 7.56. The van der Waals surface area contributed by atoms with Crippen LogP contribution in [0.4, 0.5) is 0 Å². The summed E-state index contributed by atoms with van der Waals surface area (Å²) in [5, 5.41) is 11.3. The molecule has 0 spiro atoms. The Morgan fingerprint density at radius 2 is 2.31 bits per heavy atom. The molecular formula is C9H14N2O5. The largest absolute Gasteiger partial charge is 0.480 e. The molecule has 0 bridgehead atoms. The van der Waals surface area contributed by atoms with E-state index in [0.717, 1.165) is 4.90 Å². The van der Waals surface area contributed by atoms with Crippen LogP contribution in [0.25, 0.3) is 0 Å². The van der Waals surface area contributed by atoms with E-state index in [2.05, 4.69) is 5.32 Å². The van der Waals surface area contributed by atoms with E-state index in [1.54, 1.807) is 0 Å². The van der Waals surface area contributed by atoms with Crippen LogP contribution in [0.3, 0.4) is 0 Å².